The first-order chi connectivity index (χ1) is 13.5. The lowest BCUT2D eigenvalue weighted by Crippen LogP contribution is -2.30. The number of halogens is 1. The van der Waals surface area contributed by atoms with Crippen LogP contribution in [0.1, 0.15) is 33.7 Å². The molecule has 3 heterocycles. The summed E-state index contributed by atoms with van der Waals surface area (Å²) in [6.07, 6.45) is 1.50. The first-order valence-corrected chi connectivity index (χ1v) is 9.48. The molecule has 6 nitrogen and oxygen atoms in total. The van der Waals surface area contributed by atoms with Gasteiger partial charge in [-0.2, -0.15) is 0 Å². The molecule has 2 atom stereocenters. The third kappa shape index (κ3) is 3.22. The standard InChI is InChI=1S/C21H16BrNO5/c1-12-7-8-16(28-12)19(24)17-18(13-4-2-5-14(22)10-13)23(21(26)20(17)25)11-15-6-3-9-27-15/h2-10,17-18H,11H2,1H3. The third-order valence-corrected chi connectivity index (χ3v) is 5.26. The number of amides is 1. The molecule has 0 N–H and O–H groups in total. The van der Waals surface area contributed by atoms with Crippen molar-refractivity contribution in [3.05, 3.63) is 82.1 Å². The molecule has 28 heavy (non-hydrogen) atoms. The van der Waals surface area contributed by atoms with Gasteiger partial charge in [-0.15, -0.1) is 0 Å². The molecule has 3 aromatic rings. The van der Waals surface area contributed by atoms with Crippen LogP contribution < -0.4 is 0 Å². The van der Waals surface area contributed by atoms with Crippen molar-refractivity contribution < 1.29 is 23.2 Å². The second-order valence-electron chi connectivity index (χ2n) is 6.63. The van der Waals surface area contributed by atoms with Crippen LogP contribution in [0.4, 0.5) is 0 Å². The average molecular weight is 442 g/mol. The maximum Gasteiger partial charge on any atom is 0.291 e. The number of Topliss-reactive ketones (excluding diaryl/α,β-unsaturated/α-hetero) is 2. The molecule has 142 valence electrons. The zero-order valence-corrected chi connectivity index (χ0v) is 16.5. The van der Waals surface area contributed by atoms with Gasteiger partial charge in [0.05, 0.1) is 18.8 Å². The number of hydrogen-bond acceptors (Lipinski definition) is 5. The monoisotopic (exact) mass is 441 g/mol. The fourth-order valence-corrected chi connectivity index (χ4v) is 3.93. The minimum atomic E-state index is -1.18. The van der Waals surface area contributed by atoms with Gasteiger partial charge < -0.3 is 13.7 Å². The molecule has 0 saturated carbocycles. The van der Waals surface area contributed by atoms with Crippen LogP contribution >= 0.6 is 15.9 Å². The van der Waals surface area contributed by atoms with Crippen LogP contribution in [0.25, 0.3) is 0 Å². The normalized spacial score (nSPS) is 19.4. The van der Waals surface area contributed by atoms with E-state index in [0.29, 0.717) is 17.1 Å². The summed E-state index contributed by atoms with van der Waals surface area (Å²) >= 11 is 3.41. The molecule has 2 aromatic heterocycles. The van der Waals surface area contributed by atoms with Crippen LogP contribution in [0.5, 0.6) is 0 Å². The Hall–Kier alpha value is -2.93. The van der Waals surface area contributed by atoms with E-state index in [9.17, 15) is 14.4 Å². The van der Waals surface area contributed by atoms with Gasteiger partial charge in [0.15, 0.2) is 5.76 Å². The number of furan rings is 2. The first-order valence-electron chi connectivity index (χ1n) is 8.69. The van der Waals surface area contributed by atoms with Crippen molar-refractivity contribution in [3.63, 3.8) is 0 Å². The van der Waals surface area contributed by atoms with Gasteiger partial charge in [0.1, 0.15) is 17.4 Å². The largest absolute Gasteiger partial charge is 0.467 e. The third-order valence-electron chi connectivity index (χ3n) is 4.77. The maximum atomic E-state index is 13.1. The Morgan fingerprint density at radius 3 is 2.61 bits per heavy atom. The van der Waals surface area contributed by atoms with E-state index in [0.717, 1.165) is 4.47 Å². The van der Waals surface area contributed by atoms with Crippen molar-refractivity contribution in [2.75, 3.05) is 0 Å². The summed E-state index contributed by atoms with van der Waals surface area (Å²) in [5.74, 6) is -1.96. The van der Waals surface area contributed by atoms with Gasteiger partial charge >= 0.3 is 0 Å². The van der Waals surface area contributed by atoms with Gasteiger partial charge in [0, 0.05) is 4.47 Å². The van der Waals surface area contributed by atoms with Gasteiger partial charge in [0.25, 0.3) is 5.91 Å². The van der Waals surface area contributed by atoms with E-state index < -0.39 is 29.4 Å². The summed E-state index contributed by atoms with van der Waals surface area (Å²) in [6.45, 7) is 1.81. The second kappa shape index (κ2) is 7.24. The van der Waals surface area contributed by atoms with Crippen molar-refractivity contribution >= 4 is 33.4 Å². The van der Waals surface area contributed by atoms with Crippen molar-refractivity contribution in [1.29, 1.82) is 0 Å². The van der Waals surface area contributed by atoms with E-state index in [1.807, 2.05) is 6.07 Å². The van der Waals surface area contributed by atoms with Crippen LogP contribution in [-0.4, -0.2) is 22.4 Å². The number of ketones is 2. The lowest BCUT2D eigenvalue weighted by atomic mass is 9.88. The SMILES string of the molecule is Cc1ccc(C(=O)C2C(=O)C(=O)N(Cc3ccco3)C2c2cccc(Br)c2)o1. The van der Waals surface area contributed by atoms with Gasteiger partial charge in [-0.25, -0.2) is 0 Å². The number of benzene rings is 1. The first kappa shape index (κ1) is 18.4. The summed E-state index contributed by atoms with van der Waals surface area (Å²) in [5, 5.41) is 0. The lowest BCUT2D eigenvalue weighted by molar-refractivity contribution is -0.141. The fourth-order valence-electron chi connectivity index (χ4n) is 3.51. The topological polar surface area (TPSA) is 80.7 Å². The van der Waals surface area contributed by atoms with E-state index in [-0.39, 0.29) is 12.3 Å². The molecular weight excluding hydrogens is 426 g/mol. The molecule has 1 aliphatic heterocycles. The number of likely N-dealkylation sites (tertiary alicyclic amines) is 1. The van der Waals surface area contributed by atoms with Crippen molar-refractivity contribution in [1.82, 2.24) is 4.90 Å². The number of aryl methyl sites for hydroxylation is 1. The van der Waals surface area contributed by atoms with E-state index in [1.54, 1.807) is 43.3 Å². The predicted molar refractivity (Wildman–Crippen MR) is 102 cm³/mol. The lowest BCUT2D eigenvalue weighted by Gasteiger charge is -2.26. The quantitative estimate of drug-likeness (QED) is 0.338. The Balaban J connectivity index is 1.79. The summed E-state index contributed by atoms with van der Waals surface area (Å²) in [4.78, 5) is 40.1. The van der Waals surface area contributed by atoms with E-state index >= 15 is 0 Å². The van der Waals surface area contributed by atoms with Crippen LogP contribution in [0.15, 0.2) is 68.1 Å². The fraction of sp³-hybridized carbons (Fsp3) is 0.190. The number of nitrogens with zero attached hydrogens (tertiary/aromatic N) is 1. The van der Waals surface area contributed by atoms with Crippen molar-refractivity contribution in [2.45, 2.75) is 19.5 Å². The second-order valence-corrected chi connectivity index (χ2v) is 7.54. The highest BCUT2D eigenvalue weighted by molar-refractivity contribution is 9.10. The molecule has 4 rings (SSSR count). The molecule has 1 fully saturated rings. The van der Waals surface area contributed by atoms with E-state index in [1.165, 1.54) is 17.2 Å². The highest BCUT2D eigenvalue weighted by atomic mass is 79.9. The smallest absolute Gasteiger partial charge is 0.291 e. The molecule has 0 bridgehead atoms. The summed E-state index contributed by atoms with van der Waals surface area (Å²) in [6, 6.07) is 13.1. The van der Waals surface area contributed by atoms with Crippen molar-refractivity contribution in [3.8, 4) is 0 Å². The van der Waals surface area contributed by atoms with Gasteiger partial charge in [0.2, 0.25) is 11.6 Å². The summed E-state index contributed by atoms with van der Waals surface area (Å²) in [5.41, 5.74) is 0.682. The molecule has 0 radical (unpaired) electrons. The Morgan fingerprint density at radius 1 is 1.14 bits per heavy atom. The number of carbonyl (C=O) groups is 3. The number of rotatable bonds is 5. The molecular formula is C21H16BrNO5. The Morgan fingerprint density at radius 2 is 1.96 bits per heavy atom. The Bertz CT molecular complexity index is 1050. The molecule has 0 aliphatic carbocycles. The summed E-state index contributed by atoms with van der Waals surface area (Å²) < 4.78 is 11.6. The van der Waals surface area contributed by atoms with Crippen LogP contribution in [0, 0.1) is 12.8 Å². The zero-order valence-electron chi connectivity index (χ0n) is 14.9. The van der Waals surface area contributed by atoms with Crippen LogP contribution in [0.3, 0.4) is 0 Å². The number of hydrogen-bond donors (Lipinski definition) is 0. The number of carbonyl (C=O) groups excluding carboxylic acids is 3. The molecule has 2 unspecified atom stereocenters. The predicted octanol–water partition coefficient (Wildman–Crippen LogP) is 4.10. The van der Waals surface area contributed by atoms with Gasteiger partial charge in [-0.05, 0) is 48.9 Å². The minimum Gasteiger partial charge on any atom is -0.467 e. The molecule has 1 amide bonds. The van der Waals surface area contributed by atoms with E-state index in [4.69, 9.17) is 8.83 Å². The highest BCUT2D eigenvalue weighted by Gasteiger charge is 2.52. The van der Waals surface area contributed by atoms with Gasteiger partial charge in [-0.3, -0.25) is 14.4 Å². The average Bonchev–Trinajstić information content (AvgIpc) is 3.38. The molecule has 1 saturated heterocycles. The molecule has 1 aliphatic rings. The van der Waals surface area contributed by atoms with Crippen molar-refractivity contribution in [2.24, 2.45) is 5.92 Å². The highest BCUT2D eigenvalue weighted by Crippen LogP contribution is 2.40. The van der Waals surface area contributed by atoms with E-state index in [2.05, 4.69) is 15.9 Å². The molecule has 7 heteroatoms. The molecule has 1 aromatic carbocycles. The Kier molecular flexibility index (Phi) is 4.77. The minimum absolute atomic E-state index is 0.0727. The van der Waals surface area contributed by atoms with Crippen LogP contribution in [-0.2, 0) is 16.1 Å². The van der Waals surface area contributed by atoms with Gasteiger partial charge in [-0.1, -0.05) is 28.1 Å². The Labute approximate surface area is 169 Å². The molecule has 0 spiro atoms. The zero-order chi connectivity index (χ0) is 19.8. The van der Waals surface area contributed by atoms with Crippen LogP contribution in [0.2, 0.25) is 0 Å². The summed E-state index contributed by atoms with van der Waals surface area (Å²) in [7, 11) is 0. The maximum absolute atomic E-state index is 13.1.